The Morgan fingerprint density at radius 2 is 1.81 bits per heavy atom. The normalized spacial score (nSPS) is 11.4. The standard InChI is InChI=1S/C14H20OS/c1-14(2,3)16-11-13(15)10-9-12-7-5-4-6-8-12/h4-8H,9-11H2,1-3H3. The summed E-state index contributed by atoms with van der Waals surface area (Å²) in [5.41, 5.74) is 1.25. The van der Waals surface area contributed by atoms with E-state index in [0.29, 0.717) is 18.0 Å². The van der Waals surface area contributed by atoms with E-state index in [2.05, 4.69) is 32.9 Å². The van der Waals surface area contributed by atoms with Gasteiger partial charge in [0.25, 0.3) is 0 Å². The van der Waals surface area contributed by atoms with Gasteiger partial charge in [0.1, 0.15) is 5.78 Å². The number of ketones is 1. The van der Waals surface area contributed by atoms with Crippen LogP contribution in [0.4, 0.5) is 0 Å². The maximum atomic E-state index is 11.6. The SMILES string of the molecule is CC(C)(C)SCC(=O)CCc1ccccc1. The van der Waals surface area contributed by atoms with Crippen LogP contribution in [-0.2, 0) is 11.2 Å². The van der Waals surface area contributed by atoms with Crippen LogP contribution in [0.15, 0.2) is 30.3 Å². The predicted molar refractivity (Wildman–Crippen MR) is 72.0 cm³/mol. The molecule has 0 aliphatic heterocycles. The molecule has 2 heteroatoms. The topological polar surface area (TPSA) is 17.1 Å². The Kier molecular flexibility index (Phi) is 5.07. The molecule has 16 heavy (non-hydrogen) atoms. The molecule has 0 atom stereocenters. The summed E-state index contributed by atoms with van der Waals surface area (Å²) in [5, 5.41) is 0. The highest BCUT2D eigenvalue weighted by molar-refractivity contribution is 8.01. The number of Topliss-reactive ketones (excluding diaryl/α,β-unsaturated/α-hetero) is 1. The molecule has 0 aliphatic rings. The van der Waals surface area contributed by atoms with Crippen LogP contribution in [0.1, 0.15) is 32.8 Å². The lowest BCUT2D eigenvalue weighted by Crippen LogP contribution is -2.13. The molecule has 0 N–H and O–H groups in total. The molecule has 1 aromatic carbocycles. The molecule has 0 spiro atoms. The van der Waals surface area contributed by atoms with Crippen molar-refractivity contribution >= 4 is 17.5 Å². The lowest BCUT2D eigenvalue weighted by atomic mass is 10.1. The number of aryl methyl sites for hydroxylation is 1. The molecule has 0 unspecified atom stereocenters. The second kappa shape index (κ2) is 6.09. The summed E-state index contributed by atoms with van der Waals surface area (Å²) in [6.45, 7) is 6.42. The van der Waals surface area contributed by atoms with Crippen LogP contribution in [0.25, 0.3) is 0 Å². The van der Waals surface area contributed by atoms with Gasteiger partial charge in [-0.2, -0.15) is 0 Å². The van der Waals surface area contributed by atoms with Gasteiger partial charge < -0.3 is 0 Å². The van der Waals surface area contributed by atoms with Gasteiger partial charge in [-0.05, 0) is 12.0 Å². The van der Waals surface area contributed by atoms with Crippen molar-refractivity contribution < 1.29 is 4.79 Å². The smallest absolute Gasteiger partial charge is 0.143 e. The third-order valence-corrected chi connectivity index (χ3v) is 3.53. The average molecular weight is 236 g/mol. The van der Waals surface area contributed by atoms with Crippen molar-refractivity contribution in [3.63, 3.8) is 0 Å². The van der Waals surface area contributed by atoms with E-state index in [9.17, 15) is 4.79 Å². The summed E-state index contributed by atoms with van der Waals surface area (Å²) >= 11 is 1.73. The zero-order valence-electron chi connectivity index (χ0n) is 10.3. The first kappa shape index (κ1) is 13.3. The maximum absolute atomic E-state index is 11.6. The van der Waals surface area contributed by atoms with Gasteiger partial charge in [0.15, 0.2) is 0 Å². The highest BCUT2D eigenvalue weighted by Crippen LogP contribution is 2.23. The summed E-state index contributed by atoms with van der Waals surface area (Å²) in [5.74, 6) is 0.986. The lowest BCUT2D eigenvalue weighted by Gasteiger charge is -2.16. The lowest BCUT2D eigenvalue weighted by molar-refractivity contribution is -0.116. The van der Waals surface area contributed by atoms with E-state index in [1.54, 1.807) is 11.8 Å². The van der Waals surface area contributed by atoms with Crippen molar-refractivity contribution in [2.24, 2.45) is 0 Å². The molecule has 1 aromatic rings. The van der Waals surface area contributed by atoms with E-state index in [0.717, 1.165) is 6.42 Å². The molecule has 0 amide bonds. The van der Waals surface area contributed by atoms with Gasteiger partial charge in [-0.25, -0.2) is 0 Å². The highest BCUT2D eigenvalue weighted by Gasteiger charge is 2.13. The fraction of sp³-hybridized carbons (Fsp3) is 0.500. The largest absolute Gasteiger partial charge is 0.299 e. The molecule has 0 aliphatic carbocycles. The maximum Gasteiger partial charge on any atom is 0.143 e. The van der Waals surface area contributed by atoms with Gasteiger partial charge in [0, 0.05) is 11.2 Å². The molecule has 1 rings (SSSR count). The zero-order valence-corrected chi connectivity index (χ0v) is 11.1. The van der Waals surface area contributed by atoms with Crippen molar-refractivity contribution in [1.82, 2.24) is 0 Å². The first-order valence-electron chi connectivity index (χ1n) is 5.67. The van der Waals surface area contributed by atoms with Gasteiger partial charge >= 0.3 is 0 Å². The molecule has 1 nitrogen and oxygen atoms in total. The molecular weight excluding hydrogens is 216 g/mol. The van der Waals surface area contributed by atoms with E-state index >= 15 is 0 Å². The van der Waals surface area contributed by atoms with E-state index in [1.165, 1.54) is 5.56 Å². The van der Waals surface area contributed by atoms with Crippen LogP contribution < -0.4 is 0 Å². The van der Waals surface area contributed by atoms with Crippen molar-refractivity contribution in [3.05, 3.63) is 35.9 Å². The van der Waals surface area contributed by atoms with Crippen LogP contribution >= 0.6 is 11.8 Å². The van der Waals surface area contributed by atoms with Crippen LogP contribution in [-0.4, -0.2) is 16.3 Å². The van der Waals surface area contributed by atoms with Crippen LogP contribution in [0, 0.1) is 0 Å². The zero-order chi connectivity index (χ0) is 12.0. The molecule has 0 saturated heterocycles. The van der Waals surface area contributed by atoms with E-state index < -0.39 is 0 Å². The number of thioether (sulfide) groups is 1. The Bertz CT molecular complexity index is 324. The fourth-order valence-electron chi connectivity index (χ4n) is 1.30. The van der Waals surface area contributed by atoms with E-state index in [1.807, 2.05) is 18.2 Å². The van der Waals surface area contributed by atoms with Crippen molar-refractivity contribution in [2.75, 3.05) is 5.75 Å². The molecule has 0 saturated carbocycles. The van der Waals surface area contributed by atoms with Crippen molar-refractivity contribution in [2.45, 2.75) is 38.4 Å². The number of carbonyl (C=O) groups is 1. The van der Waals surface area contributed by atoms with Gasteiger partial charge in [-0.1, -0.05) is 51.1 Å². The number of hydrogen-bond acceptors (Lipinski definition) is 2. The van der Waals surface area contributed by atoms with Gasteiger partial charge in [0.05, 0.1) is 5.75 Å². The van der Waals surface area contributed by atoms with Gasteiger partial charge in [-0.3, -0.25) is 4.79 Å². The number of hydrogen-bond donors (Lipinski definition) is 0. The summed E-state index contributed by atoms with van der Waals surface area (Å²) in [4.78, 5) is 11.6. The third kappa shape index (κ3) is 5.96. The third-order valence-electron chi connectivity index (χ3n) is 2.20. The summed E-state index contributed by atoms with van der Waals surface area (Å²) in [6.07, 6.45) is 1.53. The molecule has 0 fully saturated rings. The molecule has 0 bridgehead atoms. The quantitative estimate of drug-likeness (QED) is 0.775. The first-order chi connectivity index (χ1) is 7.47. The predicted octanol–water partition coefficient (Wildman–Crippen LogP) is 3.72. The first-order valence-corrected chi connectivity index (χ1v) is 6.65. The van der Waals surface area contributed by atoms with Gasteiger partial charge in [-0.15, -0.1) is 11.8 Å². The Labute approximate surface area is 103 Å². The number of carbonyl (C=O) groups excluding carboxylic acids is 1. The minimum Gasteiger partial charge on any atom is -0.299 e. The highest BCUT2D eigenvalue weighted by atomic mass is 32.2. The van der Waals surface area contributed by atoms with E-state index in [-0.39, 0.29) is 4.75 Å². The van der Waals surface area contributed by atoms with Crippen LogP contribution in [0.2, 0.25) is 0 Å². The summed E-state index contributed by atoms with van der Waals surface area (Å²) in [6, 6.07) is 10.2. The molecule has 0 heterocycles. The average Bonchev–Trinajstić information content (AvgIpc) is 2.24. The van der Waals surface area contributed by atoms with Gasteiger partial charge in [0.2, 0.25) is 0 Å². The molecule has 88 valence electrons. The molecule has 0 aromatic heterocycles. The Hall–Kier alpha value is -0.760. The number of rotatable bonds is 5. The Morgan fingerprint density at radius 3 is 2.38 bits per heavy atom. The van der Waals surface area contributed by atoms with Crippen LogP contribution in [0.5, 0.6) is 0 Å². The van der Waals surface area contributed by atoms with E-state index in [4.69, 9.17) is 0 Å². The second-order valence-electron chi connectivity index (χ2n) is 4.93. The molecular formula is C14H20OS. The minimum absolute atomic E-state index is 0.183. The van der Waals surface area contributed by atoms with Crippen LogP contribution in [0.3, 0.4) is 0 Å². The summed E-state index contributed by atoms with van der Waals surface area (Å²) in [7, 11) is 0. The Morgan fingerprint density at radius 1 is 1.19 bits per heavy atom. The van der Waals surface area contributed by atoms with Crippen molar-refractivity contribution in [3.8, 4) is 0 Å². The fourth-order valence-corrected chi connectivity index (χ4v) is 2.04. The molecule has 0 radical (unpaired) electrons. The minimum atomic E-state index is 0.183. The monoisotopic (exact) mass is 236 g/mol. The Balaban J connectivity index is 2.26. The summed E-state index contributed by atoms with van der Waals surface area (Å²) < 4.78 is 0.183. The number of benzene rings is 1. The second-order valence-corrected chi connectivity index (χ2v) is 6.73. The van der Waals surface area contributed by atoms with Crippen molar-refractivity contribution in [1.29, 1.82) is 0 Å².